The van der Waals surface area contributed by atoms with Gasteiger partial charge in [-0.1, -0.05) is 26.0 Å². The molecule has 0 aliphatic rings. The van der Waals surface area contributed by atoms with Crippen molar-refractivity contribution in [2.45, 2.75) is 20.3 Å². The smallest absolute Gasteiger partial charge is 0.252 e. The molecule has 1 aromatic rings. The highest BCUT2D eigenvalue weighted by atomic mass is 127. The van der Waals surface area contributed by atoms with E-state index in [0.29, 0.717) is 31.0 Å². The number of nitrogens with one attached hydrogen (secondary N) is 2. The molecule has 5 heteroatoms. The van der Waals surface area contributed by atoms with Crippen LogP contribution in [0.25, 0.3) is 0 Å². The molecule has 1 aromatic carbocycles. The summed E-state index contributed by atoms with van der Waals surface area (Å²) in [5.41, 5.74) is 0.664. The number of carbonyl (C=O) groups excluding carboxylic acids is 2. The number of carbonyl (C=O) groups is 2. The summed E-state index contributed by atoms with van der Waals surface area (Å²) < 4.78 is 0.918. The molecule has 0 saturated carbocycles. The van der Waals surface area contributed by atoms with Crippen LogP contribution in [0.5, 0.6) is 0 Å². The predicted octanol–water partition coefficient (Wildman–Crippen LogP) is 2.18. The molecule has 2 N–H and O–H groups in total. The molecule has 0 atom stereocenters. The first-order valence-electron chi connectivity index (χ1n) is 6.30. The minimum absolute atomic E-state index is 0.0264. The molecule has 4 nitrogen and oxygen atoms in total. The maximum absolute atomic E-state index is 11.9. The average Bonchev–Trinajstić information content (AvgIpc) is 2.34. The Bertz CT molecular complexity index is 447. The first-order valence-corrected chi connectivity index (χ1v) is 7.38. The lowest BCUT2D eigenvalue weighted by Crippen LogP contribution is -2.35. The molecule has 0 bridgehead atoms. The molecule has 19 heavy (non-hydrogen) atoms. The quantitative estimate of drug-likeness (QED) is 0.593. The van der Waals surface area contributed by atoms with Crippen molar-refractivity contribution in [2.75, 3.05) is 13.1 Å². The summed E-state index contributed by atoms with van der Waals surface area (Å²) in [6.07, 6.45) is 0.518. The first-order chi connectivity index (χ1) is 9.00. The summed E-state index contributed by atoms with van der Waals surface area (Å²) in [6, 6.07) is 7.40. The Morgan fingerprint density at radius 1 is 1.16 bits per heavy atom. The van der Waals surface area contributed by atoms with Gasteiger partial charge in [-0.05, 0) is 40.6 Å². The van der Waals surface area contributed by atoms with Gasteiger partial charge in [0, 0.05) is 23.1 Å². The van der Waals surface area contributed by atoms with Crippen LogP contribution in [-0.4, -0.2) is 24.9 Å². The molecule has 0 aliphatic heterocycles. The first kappa shape index (κ1) is 15.9. The highest BCUT2D eigenvalue weighted by Gasteiger charge is 2.08. The van der Waals surface area contributed by atoms with E-state index in [1.807, 2.05) is 32.0 Å². The van der Waals surface area contributed by atoms with Gasteiger partial charge in [-0.3, -0.25) is 9.59 Å². The summed E-state index contributed by atoms with van der Waals surface area (Å²) in [7, 11) is 0. The maximum atomic E-state index is 11.9. The van der Waals surface area contributed by atoms with E-state index in [0.717, 1.165) is 3.57 Å². The minimum Gasteiger partial charge on any atom is -0.354 e. The molecular weight excluding hydrogens is 355 g/mol. The van der Waals surface area contributed by atoms with E-state index >= 15 is 0 Å². The minimum atomic E-state index is -0.108. The molecule has 0 saturated heterocycles. The molecule has 0 spiro atoms. The van der Waals surface area contributed by atoms with Gasteiger partial charge in [0.1, 0.15) is 0 Å². The Morgan fingerprint density at radius 3 is 2.42 bits per heavy atom. The van der Waals surface area contributed by atoms with Crippen LogP contribution in [0.3, 0.4) is 0 Å². The zero-order chi connectivity index (χ0) is 14.3. The van der Waals surface area contributed by atoms with Gasteiger partial charge in [0.15, 0.2) is 0 Å². The van der Waals surface area contributed by atoms with Crippen molar-refractivity contribution in [3.8, 4) is 0 Å². The van der Waals surface area contributed by atoms with Crippen molar-refractivity contribution in [3.63, 3.8) is 0 Å². The molecule has 0 heterocycles. The Morgan fingerprint density at radius 2 is 1.79 bits per heavy atom. The number of benzene rings is 1. The Hall–Kier alpha value is -1.11. The van der Waals surface area contributed by atoms with Crippen molar-refractivity contribution in [3.05, 3.63) is 33.4 Å². The number of hydrogen-bond donors (Lipinski definition) is 2. The molecule has 1 rings (SSSR count). The fraction of sp³-hybridized carbons (Fsp3) is 0.429. The van der Waals surface area contributed by atoms with Gasteiger partial charge in [-0.2, -0.15) is 0 Å². The second-order valence-electron chi connectivity index (χ2n) is 4.68. The topological polar surface area (TPSA) is 58.2 Å². The fourth-order valence-electron chi connectivity index (χ4n) is 1.56. The van der Waals surface area contributed by atoms with E-state index in [-0.39, 0.29) is 11.8 Å². The summed E-state index contributed by atoms with van der Waals surface area (Å²) in [5, 5.41) is 5.57. The van der Waals surface area contributed by atoms with Crippen LogP contribution in [0.4, 0.5) is 0 Å². The van der Waals surface area contributed by atoms with E-state index in [4.69, 9.17) is 0 Å². The number of halogens is 1. The van der Waals surface area contributed by atoms with E-state index < -0.39 is 0 Å². The van der Waals surface area contributed by atoms with Gasteiger partial charge in [0.25, 0.3) is 5.91 Å². The Balaban J connectivity index is 2.29. The lowest BCUT2D eigenvalue weighted by molar-refractivity contribution is -0.121. The monoisotopic (exact) mass is 374 g/mol. The largest absolute Gasteiger partial charge is 0.354 e. The molecule has 2 amide bonds. The van der Waals surface area contributed by atoms with Crippen LogP contribution in [0.15, 0.2) is 24.3 Å². The van der Waals surface area contributed by atoms with Gasteiger partial charge in [0.2, 0.25) is 5.91 Å². The molecule has 104 valence electrons. The fourth-order valence-corrected chi connectivity index (χ4v) is 2.19. The zero-order valence-electron chi connectivity index (χ0n) is 11.2. The molecule has 0 unspecified atom stereocenters. The van der Waals surface area contributed by atoms with Crippen LogP contribution in [0.1, 0.15) is 30.6 Å². The van der Waals surface area contributed by atoms with Crippen LogP contribution >= 0.6 is 22.6 Å². The van der Waals surface area contributed by atoms with Crippen molar-refractivity contribution in [2.24, 2.45) is 5.92 Å². The van der Waals surface area contributed by atoms with Gasteiger partial charge in [-0.15, -0.1) is 0 Å². The molecule has 0 aromatic heterocycles. The third-order valence-electron chi connectivity index (χ3n) is 2.44. The molecule has 0 fully saturated rings. The highest BCUT2D eigenvalue weighted by Crippen LogP contribution is 2.10. The van der Waals surface area contributed by atoms with Gasteiger partial charge < -0.3 is 10.6 Å². The van der Waals surface area contributed by atoms with Crippen molar-refractivity contribution in [1.29, 1.82) is 0 Å². The normalized spacial score (nSPS) is 10.3. The van der Waals surface area contributed by atoms with E-state index in [1.165, 1.54) is 0 Å². The second kappa shape index (κ2) is 8.14. The number of amides is 2. The zero-order valence-corrected chi connectivity index (χ0v) is 13.4. The number of rotatable bonds is 6. The van der Waals surface area contributed by atoms with Crippen molar-refractivity contribution >= 4 is 34.4 Å². The third-order valence-corrected chi connectivity index (χ3v) is 3.39. The van der Waals surface area contributed by atoms with Gasteiger partial charge in [-0.25, -0.2) is 0 Å². The summed E-state index contributed by atoms with van der Waals surface area (Å²) in [4.78, 5) is 23.3. The Kier molecular flexibility index (Phi) is 6.83. The van der Waals surface area contributed by atoms with Crippen LogP contribution < -0.4 is 10.6 Å². The maximum Gasteiger partial charge on any atom is 0.252 e. The molecular formula is C14H19IN2O2. The van der Waals surface area contributed by atoms with Crippen LogP contribution in [0.2, 0.25) is 0 Å². The molecule has 0 aliphatic carbocycles. The highest BCUT2D eigenvalue weighted by molar-refractivity contribution is 14.1. The van der Waals surface area contributed by atoms with E-state index in [2.05, 4.69) is 33.2 Å². The van der Waals surface area contributed by atoms with Crippen LogP contribution in [-0.2, 0) is 4.79 Å². The van der Waals surface area contributed by atoms with E-state index in [9.17, 15) is 9.59 Å². The summed E-state index contributed by atoms with van der Waals surface area (Å²) in [5.74, 6) is 0.266. The van der Waals surface area contributed by atoms with Crippen molar-refractivity contribution < 1.29 is 9.59 Å². The second-order valence-corrected chi connectivity index (χ2v) is 5.85. The SMILES string of the molecule is CC(C)CC(=O)NCCNC(=O)c1ccccc1I. The third kappa shape index (κ3) is 6.04. The van der Waals surface area contributed by atoms with Gasteiger partial charge in [0.05, 0.1) is 5.56 Å². The summed E-state index contributed by atoms with van der Waals surface area (Å²) >= 11 is 2.13. The standard InChI is InChI=1S/C14H19IN2O2/c1-10(2)9-13(18)16-7-8-17-14(19)11-5-3-4-6-12(11)15/h3-6,10H,7-9H2,1-2H3,(H,16,18)(H,17,19). The van der Waals surface area contributed by atoms with Crippen molar-refractivity contribution in [1.82, 2.24) is 10.6 Å². The predicted molar refractivity (Wildman–Crippen MR) is 84.0 cm³/mol. The molecule has 0 radical (unpaired) electrons. The lowest BCUT2D eigenvalue weighted by atomic mass is 10.1. The number of hydrogen-bond acceptors (Lipinski definition) is 2. The lowest BCUT2D eigenvalue weighted by Gasteiger charge is -2.09. The van der Waals surface area contributed by atoms with Crippen LogP contribution in [0, 0.1) is 9.49 Å². The van der Waals surface area contributed by atoms with Gasteiger partial charge >= 0.3 is 0 Å². The Labute approximate surface area is 127 Å². The summed E-state index contributed by atoms with van der Waals surface area (Å²) in [6.45, 7) is 4.89. The van der Waals surface area contributed by atoms with E-state index in [1.54, 1.807) is 6.07 Å². The average molecular weight is 374 g/mol.